The molecule has 1 fully saturated rings. The maximum atomic E-state index is 12.4. The fourth-order valence-electron chi connectivity index (χ4n) is 2.32. The van der Waals surface area contributed by atoms with Crippen molar-refractivity contribution in [2.45, 2.75) is 25.8 Å². The van der Waals surface area contributed by atoms with E-state index in [4.69, 9.17) is 5.73 Å². The highest BCUT2D eigenvalue weighted by atomic mass is 16.2. The topological polar surface area (TPSA) is 65.1 Å². The summed E-state index contributed by atoms with van der Waals surface area (Å²) in [4.78, 5) is 23.9. The molecule has 3 rings (SSSR count). The lowest BCUT2D eigenvalue weighted by atomic mass is 10.1. The molecule has 0 aliphatic heterocycles. The van der Waals surface area contributed by atoms with E-state index in [1.54, 1.807) is 10.6 Å². The first-order chi connectivity index (χ1) is 8.58. The Morgan fingerprint density at radius 2 is 2.06 bits per heavy atom. The number of nitrogens with two attached hydrogens (primary N) is 1. The zero-order valence-electron chi connectivity index (χ0n) is 10.1. The van der Waals surface area contributed by atoms with Gasteiger partial charge in [-0.1, -0.05) is 17.7 Å². The second-order valence-corrected chi connectivity index (χ2v) is 4.89. The van der Waals surface area contributed by atoms with E-state index in [9.17, 15) is 9.59 Å². The highest BCUT2D eigenvalue weighted by molar-refractivity contribution is 5.95. The maximum Gasteiger partial charge on any atom is 0.265 e. The van der Waals surface area contributed by atoms with Gasteiger partial charge in [0.15, 0.2) is 0 Å². The molecule has 0 unspecified atom stereocenters. The lowest BCUT2D eigenvalue weighted by Crippen LogP contribution is -2.28. The Bertz CT molecular complexity index is 712. The minimum Gasteiger partial charge on any atom is -0.364 e. The highest BCUT2D eigenvalue weighted by Gasteiger charge is 2.28. The molecule has 0 atom stereocenters. The summed E-state index contributed by atoms with van der Waals surface area (Å²) in [7, 11) is 0. The van der Waals surface area contributed by atoms with Crippen LogP contribution in [0.4, 0.5) is 0 Å². The van der Waals surface area contributed by atoms with Crippen LogP contribution in [0.3, 0.4) is 0 Å². The number of benzene rings is 1. The van der Waals surface area contributed by atoms with Gasteiger partial charge in [-0.2, -0.15) is 0 Å². The summed E-state index contributed by atoms with van der Waals surface area (Å²) in [5, 5.41) is 1.43. The van der Waals surface area contributed by atoms with E-state index in [0.29, 0.717) is 11.1 Å². The smallest absolute Gasteiger partial charge is 0.265 e. The molecule has 92 valence electrons. The number of primary amides is 1. The van der Waals surface area contributed by atoms with Crippen LogP contribution < -0.4 is 11.3 Å². The number of rotatable bonds is 2. The summed E-state index contributed by atoms with van der Waals surface area (Å²) in [6.07, 6.45) is 1.88. The van der Waals surface area contributed by atoms with Gasteiger partial charge in [0.05, 0.1) is 0 Å². The summed E-state index contributed by atoms with van der Waals surface area (Å²) >= 11 is 0. The summed E-state index contributed by atoms with van der Waals surface area (Å²) in [5.41, 5.74) is 6.62. The number of aromatic nitrogens is 1. The number of nitrogens with zero attached hydrogens (tertiary/aromatic N) is 1. The molecule has 0 saturated heterocycles. The first-order valence-electron chi connectivity index (χ1n) is 6.03. The molecule has 1 aromatic heterocycles. The van der Waals surface area contributed by atoms with Crippen molar-refractivity contribution >= 4 is 16.7 Å². The minimum absolute atomic E-state index is 0.104. The van der Waals surface area contributed by atoms with Gasteiger partial charge in [0.25, 0.3) is 11.5 Å². The molecular formula is C14H14N2O2. The van der Waals surface area contributed by atoms with E-state index in [2.05, 4.69) is 0 Å². The Morgan fingerprint density at radius 1 is 1.33 bits per heavy atom. The van der Waals surface area contributed by atoms with E-state index < -0.39 is 5.91 Å². The van der Waals surface area contributed by atoms with Gasteiger partial charge in [0.1, 0.15) is 5.69 Å². The van der Waals surface area contributed by atoms with Crippen LogP contribution in [0.2, 0.25) is 0 Å². The number of aryl methyl sites for hydroxylation is 1. The number of carbonyl (C=O) groups is 1. The third-order valence-electron chi connectivity index (χ3n) is 3.37. The lowest BCUT2D eigenvalue weighted by molar-refractivity contribution is 0.0990. The summed E-state index contributed by atoms with van der Waals surface area (Å²) in [6.45, 7) is 1.95. The molecule has 0 bridgehead atoms. The van der Waals surface area contributed by atoms with Crippen molar-refractivity contribution in [1.29, 1.82) is 0 Å². The molecule has 1 saturated carbocycles. The van der Waals surface area contributed by atoms with Gasteiger partial charge in [-0.25, -0.2) is 0 Å². The van der Waals surface area contributed by atoms with Crippen LogP contribution in [-0.4, -0.2) is 10.5 Å². The molecular weight excluding hydrogens is 228 g/mol. The third-order valence-corrected chi connectivity index (χ3v) is 3.37. The van der Waals surface area contributed by atoms with E-state index in [1.807, 2.05) is 25.1 Å². The molecule has 0 radical (unpaired) electrons. The van der Waals surface area contributed by atoms with Gasteiger partial charge in [-0.05, 0) is 37.3 Å². The Balaban J connectivity index is 2.41. The van der Waals surface area contributed by atoms with Crippen molar-refractivity contribution in [3.8, 4) is 0 Å². The second-order valence-electron chi connectivity index (χ2n) is 4.89. The van der Waals surface area contributed by atoms with Crippen molar-refractivity contribution in [2.75, 3.05) is 0 Å². The predicted octanol–water partition coefficient (Wildman–Crippen LogP) is 1.74. The number of hydrogen-bond acceptors (Lipinski definition) is 2. The zero-order valence-corrected chi connectivity index (χ0v) is 10.1. The van der Waals surface area contributed by atoms with E-state index in [1.165, 1.54) is 0 Å². The average Bonchev–Trinajstić information content (AvgIpc) is 3.13. The van der Waals surface area contributed by atoms with Crippen molar-refractivity contribution in [3.05, 3.63) is 45.9 Å². The number of pyridine rings is 1. The molecule has 4 heteroatoms. The number of hydrogen-bond donors (Lipinski definition) is 1. The Kier molecular flexibility index (Phi) is 2.26. The first-order valence-corrected chi connectivity index (χ1v) is 6.03. The molecule has 1 aliphatic rings. The Hall–Kier alpha value is -2.10. The molecule has 1 aliphatic carbocycles. The number of carbonyl (C=O) groups excluding carboxylic acids is 1. The van der Waals surface area contributed by atoms with Crippen LogP contribution in [-0.2, 0) is 0 Å². The number of amides is 1. The van der Waals surface area contributed by atoms with Crippen LogP contribution in [0, 0.1) is 6.92 Å². The number of fused-ring (bicyclic) bond motifs is 1. The van der Waals surface area contributed by atoms with Gasteiger partial charge in [-0.15, -0.1) is 0 Å². The van der Waals surface area contributed by atoms with Gasteiger partial charge in [0.2, 0.25) is 0 Å². The van der Waals surface area contributed by atoms with E-state index >= 15 is 0 Å². The summed E-state index contributed by atoms with van der Waals surface area (Å²) in [6, 6.07) is 7.51. The van der Waals surface area contributed by atoms with Crippen LogP contribution in [0.5, 0.6) is 0 Å². The second kappa shape index (κ2) is 3.70. The van der Waals surface area contributed by atoms with Crippen molar-refractivity contribution in [3.63, 3.8) is 0 Å². The standard InChI is InChI=1S/C14H14N2O2/c1-8-2-3-9-7-12(13(15)17)16(10-4-5-10)14(18)11(9)6-8/h2-3,6-7,10H,4-5H2,1H3,(H2,15,17). The van der Waals surface area contributed by atoms with E-state index in [-0.39, 0.29) is 11.6 Å². The molecule has 4 nitrogen and oxygen atoms in total. The zero-order chi connectivity index (χ0) is 12.9. The van der Waals surface area contributed by atoms with Crippen LogP contribution in [0.15, 0.2) is 29.1 Å². The highest BCUT2D eigenvalue weighted by Crippen LogP contribution is 2.35. The predicted molar refractivity (Wildman–Crippen MR) is 69.7 cm³/mol. The molecule has 2 aromatic rings. The minimum atomic E-state index is -0.540. The average molecular weight is 242 g/mol. The molecule has 1 amide bonds. The van der Waals surface area contributed by atoms with Gasteiger partial charge in [-0.3, -0.25) is 9.59 Å². The van der Waals surface area contributed by atoms with Crippen LogP contribution in [0.1, 0.15) is 34.9 Å². The normalized spacial score (nSPS) is 14.9. The fourth-order valence-corrected chi connectivity index (χ4v) is 2.32. The molecule has 2 N–H and O–H groups in total. The first kappa shape index (κ1) is 11.0. The third kappa shape index (κ3) is 1.61. The fraction of sp³-hybridized carbons (Fsp3) is 0.286. The molecule has 0 spiro atoms. The van der Waals surface area contributed by atoms with Gasteiger partial charge >= 0.3 is 0 Å². The van der Waals surface area contributed by atoms with Crippen molar-refractivity contribution in [2.24, 2.45) is 5.73 Å². The maximum absolute atomic E-state index is 12.4. The molecule has 1 heterocycles. The Morgan fingerprint density at radius 3 is 2.67 bits per heavy atom. The molecule has 18 heavy (non-hydrogen) atoms. The van der Waals surface area contributed by atoms with E-state index in [0.717, 1.165) is 23.8 Å². The quantitative estimate of drug-likeness (QED) is 0.871. The largest absolute Gasteiger partial charge is 0.364 e. The molecule has 1 aromatic carbocycles. The van der Waals surface area contributed by atoms with Gasteiger partial charge < -0.3 is 10.3 Å². The summed E-state index contributed by atoms with van der Waals surface area (Å²) < 4.78 is 1.56. The van der Waals surface area contributed by atoms with Crippen molar-refractivity contribution in [1.82, 2.24) is 4.57 Å². The van der Waals surface area contributed by atoms with Crippen LogP contribution in [0.25, 0.3) is 10.8 Å². The summed E-state index contributed by atoms with van der Waals surface area (Å²) in [5.74, 6) is -0.540. The van der Waals surface area contributed by atoms with Crippen LogP contribution >= 0.6 is 0 Å². The van der Waals surface area contributed by atoms with Crippen molar-refractivity contribution < 1.29 is 4.79 Å². The van der Waals surface area contributed by atoms with Gasteiger partial charge in [0, 0.05) is 11.4 Å². The lowest BCUT2D eigenvalue weighted by Gasteiger charge is -2.11. The Labute approximate surface area is 104 Å². The SMILES string of the molecule is Cc1ccc2cc(C(N)=O)n(C3CC3)c(=O)c2c1. The monoisotopic (exact) mass is 242 g/mol.